The summed E-state index contributed by atoms with van der Waals surface area (Å²) in [5.74, 6) is 2.62. The van der Waals surface area contributed by atoms with Crippen molar-refractivity contribution in [2.45, 2.75) is 6.18 Å². The lowest BCUT2D eigenvalue weighted by Gasteiger charge is -2.13. The Morgan fingerprint density at radius 2 is 1.88 bits per heavy atom. The number of hydrogen-bond donors (Lipinski definition) is 2. The van der Waals surface area contributed by atoms with Gasteiger partial charge in [0, 0.05) is 12.1 Å². The molecular formula is C11H10F3NO. The van der Waals surface area contributed by atoms with E-state index in [4.69, 9.17) is 5.21 Å². The van der Waals surface area contributed by atoms with Crippen LogP contribution in [-0.2, 0) is 0 Å². The van der Waals surface area contributed by atoms with Crippen molar-refractivity contribution < 1.29 is 18.4 Å². The normalized spacial score (nSPS) is 12.8. The van der Waals surface area contributed by atoms with Crippen LogP contribution in [0.3, 0.4) is 0 Å². The SMILES string of the molecule is ONC[C@@H](C#Cc1ccccc1)C(F)(F)F. The summed E-state index contributed by atoms with van der Waals surface area (Å²) in [6, 6.07) is 8.37. The van der Waals surface area contributed by atoms with Gasteiger partial charge in [0.05, 0.1) is 0 Å². The predicted molar refractivity (Wildman–Crippen MR) is 52.7 cm³/mol. The number of benzene rings is 1. The second-order valence-corrected chi connectivity index (χ2v) is 3.09. The molecule has 0 aliphatic carbocycles. The van der Waals surface area contributed by atoms with Gasteiger partial charge in [0.15, 0.2) is 0 Å². The van der Waals surface area contributed by atoms with Gasteiger partial charge < -0.3 is 5.21 Å². The molecule has 0 fully saturated rings. The van der Waals surface area contributed by atoms with Gasteiger partial charge in [0.1, 0.15) is 5.92 Å². The van der Waals surface area contributed by atoms with E-state index in [0.29, 0.717) is 5.56 Å². The molecule has 86 valence electrons. The lowest BCUT2D eigenvalue weighted by atomic mass is 10.1. The van der Waals surface area contributed by atoms with Gasteiger partial charge in [-0.25, -0.2) is 5.48 Å². The van der Waals surface area contributed by atoms with Crippen molar-refractivity contribution >= 4 is 0 Å². The highest BCUT2D eigenvalue weighted by molar-refractivity contribution is 5.34. The average Bonchev–Trinajstić information content (AvgIpc) is 2.24. The molecule has 0 spiro atoms. The monoisotopic (exact) mass is 229 g/mol. The zero-order valence-electron chi connectivity index (χ0n) is 8.25. The van der Waals surface area contributed by atoms with Gasteiger partial charge in [0.2, 0.25) is 0 Å². The maximum Gasteiger partial charge on any atom is 0.403 e. The minimum atomic E-state index is -4.45. The van der Waals surface area contributed by atoms with Crippen molar-refractivity contribution in [3.63, 3.8) is 0 Å². The van der Waals surface area contributed by atoms with Crippen LogP contribution in [0.15, 0.2) is 30.3 Å². The molecule has 1 atom stereocenters. The zero-order chi connectivity index (χ0) is 12.0. The summed E-state index contributed by atoms with van der Waals surface area (Å²) in [7, 11) is 0. The van der Waals surface area contributed by atoms with Crippen molar-refractivity contribution in [3.05, 3.63) is 35.9 Å². The number of hydrogen-bond acceptors (Lipinski definition) is 2. The highest BCUT2D eigenvalue weighted by Crippen LogP contribution is 2.25. The third-order valence-electron chi connectivity index (χ3n) is 1.86. The number of halogens is 3. The van der Waals surface area contributed by atoms with Gasteiger partial charge in [-0.3, -0.25) is 0 Å². The van der Waals surface area contributed by atoms with Gasteiger partial charge in [-0.1, -0.05) is 30.0 Å². The molecule has 5 heteroatoms. The van der Waals surface area contributed by atoms with E-state index in [9.17, 15) is 13.2 Å². The molecule has 0 bridgehead atoms. The Balaban J connectivity index is 2.80. The summed E-state index contributed by atoms with van der Waals surface area (Å²) in [6.45, 7) is -0.636. The molecule has 0 saturated heterocycles. The summed E-state index contributed by atoms with van der Waals surface area (Å²) in [5, 5.41) is 8.28. The third-order valence-corrected chi connectivity index (χ3v) is 1.86. The van der Waals surface area contributed by atoms with Crippen LogP contribution in [0.5, 0.6) is 0 Å². The summed E-state index contributed by atoms with van der Waals surface area (Å²) >= 11 is 0. The predicted octanol–water partition coefficient (Wildman–Crippen LogP) is 2.20. The smallest absolute Gasteiger partial charge is 0.317 e. The van der Waals surface area contributed by atoms with Crippen molar-refractivity contribution in [2.75, 3.05) is 6.54 Å². The zero-order valence-corrected chi connectivity index (χ0v) is 8.25. The first-order chi connectivity index (χ1) is 7.54. The molecule has 1 aromatic rings. The second-order valence-electron chi connectivity index (χ2n) is 3.09. The van der Waals surface area contributed by atoms with Gasteiger partial charge >= 0.3 is 6.18 Å². The molecule has 1 rings (SSSR count). The maximum absolute atomic E-state index is 12.4. The summed E-state index contributed by atoms with van der Waals surface area (Å²) in [5.41, 5.74) is 2.00. The molecule has 0 aliphatic rings. The van der Waals surface area contributed by atoms with E-state index in [1.165, 1.54) is 5.48 Å². The fraction of sp³-hybridized carbons (Fsp3) is 0.273. The molecule has 0 radical (unpaired) electrons. The molecule has 0 aliphatic heterocycles. The lowest BCUT2D eigenvalue weighted by Crippen LogP contribution is -2.31. The van der Waals surface area contributed by atoms with E-state index in [1.807, 2.05) is 0 Å². The van der Waals surface area contributed by atoms with Gasteiger partial charge in [-0.15, -0.1) is 0 Å². The highest BCUT2D eigenvalue weighted by Gasteiger charge is 2.38. The van der Waals surface area contributed by atoms with Crippen LogP contribution in [0.25, 0.3) is 0 Å². The standard InChI is InChI=1S/C11H10F3NO/c12-11(13,14)10(8-15-16)7-6-9-4-2-1-3-5-9/h1-5,10,15-16H,8H2/t10-/m1/s1. The van der Waals surface area contributed by atoms with Gasteiger partial charge in [0.25, 0.3) is 0 Å². The van der Waals surface area contributed by atoms with E-state index < -0.39 is 18.6 Å². The molecule has 0 unspecified atom stereocenters. The van der Waals surface area contributed by atoms with Gasteiger partial charge in [-0.05, 0) is 12.1 Å². The Bertz CT molecular complexity index is 378. The van der Waals surface area contributed by atoms with Crippen LogP contribution < -0.4 is 5.48 Å². The first-order valence-corrected chi connectivity index (χ1v) is 4.54. The van der Waals surface area contributed by atoms with Crippen LogP contribution in [0, 0.1) is 17.8 Å². The minimum Gasteiger partial charge on any atom is -0.317 e. The molecule has 16 heavy (non-hydrogen) atoms. The molecular weight excluding hydrogens is 219 g/mol. The fourth-order valence-electron chi connectivity index (χ4n) is 1.03. The fourth-order valence-corrected chi connectivity index (χ4v) is 1.03. The first-order valence-electron chi connectivity index (χ1n) is 4.54. The third kappa shape index (κ3) is 3.93. The molecule has 2 nitrogen and oxygen atoms in total. The van der Waals surface area contributed by atoms with Crippen LogP contribution in [0.2, 0.25) is 0 Å². The van der Waals surface area contributed by atoms with Gasteiger partial charge in [-0.2, -0.15) is 13.2 Å². The highest BCUT2D eigenvalue weighted by atomic mass is 19.4. The minimum absolute atomic E-state index is 0.509. The van der Waals surface area contributed by atoms with Crippen molar-refractivity contribution in [3.8, 4) is 11.8 Å². The Labute approximate surface area is 91.1 Å². The van der Waals surface area contributed by atoms with Crippen LogP contribution in [0.4, 0.5) is 13.2 Å². The topological polar surface area (TPSA) is 32.3 Å². The van der Waals surface area contributed by atoms with E-state index in [0.717, 1.165) is 0 Å². The molecule has 2 N–H and O–H groups in total. The Kier molecular flexibility index (Phi) is 4.35. The van der Waals surface area contributed by atoms with Crippen molar-refractivity contribution in [2.24, 2.45) is 5.92 Å². The van der Waals surface area contributed by atoms with E-state index in [-0.39, 0.29) is 0 Å². The lowest BCUT2D eigenvalue weighted by molar-refractivity contribution is -0.161. The maximum atomic E-state index is 12.4. The van der Waals surface area contributed by atoms with Crippen molar-refractivity contribution in [1.82, 2.24) is 5.48 Å². The molecule has 0 aromatic heterocycles. The molecule has 0 amide bonds. The van der Waals surface area contributed by atoms with Crippen LogP contribution in [-0.4, -0.2) is 17.9 Å². The number of rotatable bonds is 2. The van der Waals surface area contributed by atoms with E-state index in [2.05, 4.69) is 11.8 Å². The van der Waals surface area contributed by atoms with E-state index in [1.54, 1.807) is 30.3 Å². The molecule has 0 heterocycles. The molecule has 0 saturated carbocycles. The van der Waals surface area contributed by atoms with Crippen molar-refractivity contribution in [1.29, 1.82) is 0 Å². The largest absolute Gasteiger partial charge is 0.403 e. The Morgan fingerprint density at radius 3 is 2.38 bits per heavy atom. The molecule has 1 aromatic carbocycles. The quantitative estimate of drug-likeness (QED) is 0.602. The second kappa shape index (κ2) is 5.54. The number of hydroxylamine groups is 1. The summed E-state index contributed by atoms with van der Waals surface area (Å²) < 4.78 is 37.1. The summed E-state index contributed by atoms with van der Waals surface area (Å²) in [6.07, 6.45) is -4.45. The number of alkyl halides is 3. The average molecular weight is 229 g/mol. The Morgan fingerprint density at radius 1 is 1.25 bits per heavy atom. The van der Waals surface area contributed by atoms with E-state index >= 15 is 0 Å². The van der Waals surface area contributed by atoms with Crippen LogP contribution >= 0.6 is 0 Å². The summed E-state index contributed by atoms with van der Waals surface area (Å²) in [4.78, 5) is 0. The number of nitrogens with one attached hydrogen (secondary N) is 1. The first kappa shape index (κ1) is 12.6. The Hall–Kier alpha value is -1.51. The van der Waals surface area contributed by atoms with Crippen LogP contribution in [0.1, 0.15) is 5.56 Å².